The van der Waals surface area contributed by atoms with Crippen LogP contribution in [0.4, 0.5) is 0 Å². The molecule has 0 nitrogen and oxygen atoms in total. The van der Waals surface area contributed by atoms with Crippen LogP contribution in [0.25, 0.3) is 24.3 Å². The van der Waals surface area contributed by atoms with Crippen LogP contribution in [0, 0.1) is 0 Å². The fraction of sp³-hybridized carbons (Fsp3) is 0.158. The second kappa shape index (κ2) is 13.5. The fourth-order valence-corrected chi connectivity index (χ4v) is 29.4. The Kier molecular flexibility index (Phi) is 9.63. The summed E-state index contributed by atoms with van der Waals surface area (Å²) in [6.07, 6.45) is 13.2. The Labute approximate surface area is 249 Å². The van der Waals surface area contributed by atoms with E-state index < -0.39 is 26.8 Å². The summed E-state index contributed by atoms with van der Waals surface area (Å²) in [6.45, 7) is 10.0. The Morgan fingerprint density at radius 2 is 0.900 bits per heavy atom. The molecule has 4 aromatic carbocycles. The van der Waals surface area contributed by atoms with Gasteiger partial charge in [-0.05, 0) is 11.1 Å². The van der Waals surface area contributed by atoms with Crippen LogP contribution in [0.1, 0.15) is 54.5 Å². The van der Waals surface area contributed by atoms with Crippen LogP contribution in [0.5, 0.6) is 0 Å². The predicted molar refractivity (Wildman–Crippen MR) is 175 cm³/mol. The molecule has 199 valence electrons. The molecular formula is C38H39SiZr. The zero-order valence-electron chi connectivity index (χ0n) is 24.1. The summed E-state index contributed by atoms with van der Waals surface area (Å²) in [5, 5.41) is 0. The molecule has 0 saturated heterocycles. The second-order valence-electron chi connectivity index (χ2n) is 11.1. The van der Waals surface area contributed by atoms with Crippen molar-refractivity contribution in [1.29, 1.82) is 0 Å². The third kappa shape index (κ3) is 6.63. The van der Waals surface area contributed by atoms with Gasteiger partial charge in [-0.15, -0.1) is 0 Å². The average Bonchev–Trinajstić information content (AvgIpc) is 3.48. The number of fused-ring (bicyclic) bond motifs is 2. The van der Waals surface area contributed by atoms with E-state index in [0.29, 0.717) is 0 Å². The molecule has 2 atom stereocenters. The van der Waals surface area contributed by atoms with Crippen LogP contribution in [0.2, 0.25) is 13.1 Å². The Balaban J connectivity index is 0.000000176. The minimum absolute atomic E-state index is 0.671. The van der Waals surface area contributed by atoms with E-state index in [1.54, 1.807) is 22.3 Å². The van der Waals surface area contributed by atoms with Crippen molar-refractivity contribution in [3.05, 3.63) is 166 Å². The van der Waals surface area contributed by atoms with E-state index in [1.807, 2.05) is 36.4 Å². The molecular weight excluding hydrogens is 576 g/mol. The Morgan fingerprint density at radius 1 is 0.525 bits per heavy atom. The number of hydrogen-bond acceptors (Lipinski definition) is 0. The van der Waals surface area contributed by atoms with Gasteiger partial charge in [0.25, 0.3) is 0 Å². The number of hydrogen-bond donors (Lipinski definition) is 0. The summed E-state index contributed by atoms with van der Waals surface area (Å²) in [5.74, 6) is -0.671. The van der Waals surface area contributed by atoms with Crippen LogP contribution in [0.15, 0.2) is 132 Å². The van der Waals surface area contributed by atoms with E-state index in [9.17, 15) is 0 Å². The van der Waals surface area contributed by atoms with E-state index in [2.05, 4.69) is 136 Å². The van der Waals surface area contributed by atoms with Gasteiger partial charge in [0.1, 0.15) is 0 Å². The van der Waals surface area contributed by atoms with Crippen LogP contribution in [-0.4, -0.2) is 5.92 Å². The van der Waals surface area contributed by atoms with Crippen LogP contribution in [-0.2, 0) is 20.9 Å². The molecule has 0 radical (unpaired) electrons. The molecule has 0 amide bonds. The summed E-state index contributed by atoms with van der Waals surface area (Å²) in [5.41, 5.74) is 12.0. The van der Waals surface area contributed by atoms with Crippen molar-refractivity contribution in [3.8, 4) is 0 Å². The molecule has 0 spiro atoms. The summed E-state index contributed by atoms with van der Waals surface area (Å²) in [4.78, 5) is 0. The molecule has 0 heterocycles. The van der Waals surface area contributed by atoms with Gasteiger partial charge in [-0.3, -0.25) is 0 Å². The third-order valence-electron chi connectivity index (χ3n) is 7.91. The first-order chi connectivity index (χ1) is 19.5. The zero-order chi connectivity index (χ0) is 27.9. The molecule has 2 aliphatic rings. The summed E-state index contributed by atoms with van der Waals surface area (Å²) in [6, 6.07) is 38.9. The van der Waals surface area contributed by atoms with E-state index >= 15 is 0 Å². The topological polar surface area (TPSA) is 0 Å². The second-order valence-corrected chi connectivity index (χ2v) is 31.2. The van der Waals surface area contributed by atoms with Crippen molar-refractivity contribution in [2.45, 2.75) is 34.2 Å². The molecule has 2 aliphatic carbocycles. The summed E-state index contributed by atoms with van der Waals surface area (Å²) < 4.78 is 1.57. The first kappa shape index (κ1) is 28.5. The number of benzene rings is 4. The van der Waals surface area contributed by atoms with Crippen molar-refractivity contribution >= 4 is 30.2 Å². The quantitative estimate of drug-likeness (QED) is 0.150. The Morgan fingerprint density at radius 3 is 1.30 bits per heavy atom. The third-order valence-corrected chi connectivity index (χ3v) is 30.1. The van der Waals surface area contributed by atoms with Gasteiger partial charge in [-0.25, -0.2) is 0 Å². The molecule has 40 heavy (non-hydrogen) atoms. The summed E-state index contributed by atoms with van der Waals surface area (Å²) >= 11 is -1.72. The predicted octanol–water partition coefficient (Wildman–Crippen LogP) is 10.3. The normalized spacial score (nSPS) is 17.3. The van der Waals surface area contributed by atoms with E-state index in [-0.39, 0.29) is 0 Å². The van der Waals surface area contributed by atoms with Crippen molar-refractivity contribution < 1.29 is 20.9 Å². The van der Waals surface area contributed by atoms with E-state index in [4.69, 9.17) is 0 Å². The molecule has 0 bridgehead atoms. The number of allylic oxidation sites excluding steroid dienone is 4. The molecule has 2 heteroatoms. The van der Waals surface area contributed by atoms with Crippen LogP contribution < -0.4 is 0 Å². The standard InChI is InChI=1S/C16H14.2C10H9.C2H7Si.Zr/c1-3-9-15(10-4-1)13-7-8-14-16-11-5-2-6-12-16;2*1-8-6-9-4-2-3-5-10(9)7-8;1-3-2;/h1-14H;2*2-7H,1H3;3H,1-2H3;/b13-7+,14-8+;;;;. The van der Waals surface area contributed by atoms with Gasteiger partial charge in [-0.1, -0.05) is 85.0 Å². The van der Waals surface area contributed by atoms with Crippen molar-refractivity contribution in [1.82, 2.24) is 0 Å². The van der Waals surface area contributed by atoms with Crippen molar-refractivity contribution in [2.75, 3.05) is 0 Å². The van der Waals surface area contributed by atoms with Crippen LogP contribution >= 0.6 is 0 Å². The fourth-order valence-electron chi connectivity index (χ4n) is 6.14. The van der Waals surface area contributed by atoms with Gasteiger partial charge in [0.2, 0.25) is 0 Å². The maximum absolute atomic E-state index is 2.62. The number of rotatable bonds is 6. The zero-order valence-corrected chi connectivity index (χ0v) is 27.7. The molecule has 0 saturated carbocycles. The summed E-state index contributed by atoms with van der Waals surface area (Å²) in [7, 11) is 0. The van der Waals surface area contributed by atoms with Gasteiger partial charge in [-0.2, -0.15) is 0 Å². The van der Waals surface area contributed by atoms with Gasteiger partial charge in [0.05, 0.1) is 0 Å². The van der Waals surface area contributed by atoms with Gasteiger partial charge >= 0.3 is 155 Å². The first-order valence-electron chi connectivity index (χ1n) is 14.4. The van der Waals surface area contributed by atoms with Crippen molar-refractivity contribution in [2.24, 2.45) is 0 Å². The molecule has 4 aromatic rings. The van der Waals surface area contributed by atoms with Crippen molar-refractivity contribution in [3.63, 3.8) is 0 Å². The minimum atomic E-state index is -1.72. The Bertz CT molecular complexity index is 1430. The molecule has 0 fully saturated rings. The molecule has 6 rings (SSSR count). The molecule has 0 aliphatic heterocycles. The van der Waals surface area contributed by atoms with Gasteiger partial charge < -0.3 is 0 Å². The molecule has 2 unspecified atom stereocenters. The van der Waals surface area contributed by atoms with Crippen LogP contribution in [0.3, 0.4) is 0 Å². The SMILES string of the molecule is C(/C=C/c1ccccc1)=C\c1ccccc1.CC1=Cc2ccccc2[CH]1[Zr]([CH]1C(C)=Cc2ccccc21)[SiH](C)C. The van der Waals surface area contributed by atoms with E-state index in [1.165, 1.54) is 22.3 Å². The maximum atomic E-state index is 2.62. The van der Waals surface area contributed by atoms with E-state index in [0.717, 1.165) is 7.25 Å². The molecule has 0 aromatic heterocycles. The monoisotopic (exact) mass is 613 g/mol. The van der Waals surface area contributed by atoms with Gasteiger partial charge in [0.15, 0.2) is 0 Å². The van der Waals surface area contributed by atoms with Gasteiger partial charge in [0, 0.05) is 0 Å². The average molecular weight is 615 g/mol. The first-order valence-corrected chi connectivity index (χ1v) is 24.4. The molecule has 0 N–H and O–H groups in total. The Hall–Kier alpha value is -3.06.